The maximum absolute atomic E-state index is 12.8. The standard InChI is InChI=1S/C24H22ClN3O5S/c1-14-10-21(22(33-3)13-20(14)25)27-23(29)15(2)34-19-9-5-7-17(12-19)26-24(30)16-6-4-8-18(11-16)28(31)32/h4-13,15H,1-3H3,(H,26,30)(H,27,29). The second-order valence-corrected chi connectivity index (χ2v) is 9.16. The van der Waals surface area contributed by atoms with Crippen LogP contribution in [0.4, 0.5) is 17.1 Å². The van der Waals surface area contributed by atoms with Crippen LogP contribution in [0.5, 0.6) is 5.75 Å². The van der Waals surface area contributed by atoms with E-state index in [9.17, 15) is 19.7 Å². The van der Waals surface area contributed by atoms with Gasteiger partial charge in [0.2, 0.25) is 5.91 Å². The van der Waals surface area contributed by atoms with Crippen LogP contribution in [0, 0.1) is 17.0 Å². The van der Waals surface area contributed by atoms with E-state index in [0.717, 1.165) is 10.5 Å². The highest BCUT2D eigenvalue weighted by Gasteiger charge is 2.18. The molecule has 1 unspecified atom stereocenters. The predicted octanol–water partition coefficient (Wildman–Crippen LogP) is 5.94. The molecular formula is C24H22ClN3O5S. The molecule has 176 valence electrons. The second kappa shape index (κ2) is 11.0. The van der Waals surface area contributed by atoms with E-state index in [0.29, 0.717) is 22.1 Å². The van der Waals surface area contributed by atoms with Crippen LogP contribution in [0.1, 0.15) is 22.8 Å². The number of ether oxygens (including phenoxy) is 1. The first-order valence-corrected chi connectivity index (χ1v) is 11.4. The predicted molar refractivity (Wildman–Crippen MR) is 134 cm³/mol. The third kappa shape index (κ3) is 6.27. The summed E-state index contributed by atoms with van der Waals surface area (Å²) in [4.78, 5) is 36.4. The molecule has 34 heavy (non-hydrogen) atoms. The van der Waals surface area contributed by atoms with Crippen LogP contribution in [-0.4, -0.2) is 29.1 Å². The van der Waals surface area contributed by atoms with Crippen molar-refractivity contribution in [3.05, 3.63) is 86.9 Å². The third-order valence-electron chi connectivity index (χ3n) is 4.83. The first-order chi connectivity index (χ1) is 16.2. The number of thioether (sulfide) groups is 1. The number of hydrogen-bond donors (Lipinski definition) is 2. The summed E-state index contributed by atoms with van der Waals surface area (Å²) in [5.74, 6) is -0.232. The van der Waals surface area contributed by atoms with Crippen molar-refractivity contribution in [3.8, 4) is 5.75 Å². The molecule has 10 heteroatoms. The van der Waals surface area contributed by atoms with E-state index < -0.39 is 16.1 Å². The largest absolute Gasteiger partial charge is 0.495 e. The van der Waals surface area contributed by atoms with E-state index in [1.54, 1.807) is 37.3 Å². The van der Waals surface area contributed by atoms with Crippen molar-refractivity contribution in [3.63, 3.8) is 0 Å². The van der Waals surface area contributed by atoms with Crippen LogP contribution in [0.25, 0.3) is 0 Å². The minimum absolute atomic E-state index is 0.163. The first kappa shape index (κ1) is 25.1. The van der Waals surface area contributed by atoms with Crippen LogP contribution in [0.3, 0.4) is 0 Å². The number of carbonyl (C=O) groups is 2. The molecule has 0 saturated carbocycles. The van der Waals surface area contributed by atoms with Gasteiger partial charge in [-0.15, -0.1) is 11.8 Å². The summed E-state index contributed by atoms with van der Waals surface area (Å²) in [5.41, 5.74) is 1.85. The Labute approximate surface area is 205 Å². The van der Waals surface area contributed by atoms with Crippen molar-refractivity contribution < 1.29 is 19.2 Å². The van der Waals surface area contributed by atoms with E-state index in [2.05, 4.69) is 10.6 Å². The number of anilines is 2. The topological polar surface area (TPSA) is 111 Å². The Kier molecular flexibility index (Phi) is 8.14. The van der Waals surface area contributed by atoms with Gasteiger partial charge in [0, 0.05) is 39.4 Å². The zero-order chi connectivity index (χ0) is 24.8. The summed E-state index contributed by atoms with van der Waals surface area (Å²) in [5, 5.41) is 16.6. The molecule has 0 spiro atoms. The molecule has 0 fully saturated rings. The normalized spacial score (nSPS) is 11.4. The number of amides is 2. The molecule has 0 aliphatic carbocycles. The average molecular weight is 500 g/mol. The summed E-state index contributed by atoms with van der Waals surface area (Å²) in [6.07, 6.45) is 0. The van der Waals surface area contributed by atoms with Gasteiger partial charge in [-0.1, -0.05) is 23.7 Å². The van der Waals surface area contributed by atoms with Gasteiger partial charge < -0.3 is 15.4 Å². The van der Waals surface area contributed by atoms with Crippen molar-refractivity contribution in [2.45, 2.75) is 24.0 Å². The molecule has 0 saturated heterocycles. The van der Waals surface area contributed by atoms with Gasteiger partial charge in [0.15, 0.2) is 0 Å². The molecule has 0 heterocycles. The van der Waals surface area contributed by atoms with Gasteiger partial charge in [-0.2, -0.15) is 0 Å². The number of hydrogen-bond acceptors (Lipinski definition) is 6. The lowest BCUT2D eigenvalue weighted by atomic mass is 10.2. The third-order valence-corrected chi connectivity index (χ3v) is 6.33. The van der Waals surface area contributed by atoms with Gasteiger partial charge in [-0.05, 0) is 49.7 Å². The van der Waals surface area contributed by atoms with E-state index in [1.165, 1.54) is 43.1 Å². The Bertz CT molecular complexity index is 1250. The van der Waals surface area contributed by atoms with Crippen molar-refractivity contribution in [2.24, 2.45) is 0 Å². The number of nitro groups is 1. The van der Waals surface area contributed by atoms with Crippen LogP contribution >= 0.6 is 23.4 Å². The van der Waals surface area contributed by atoms with Gasteiger partial charge in [0.1, 0.15) is 5.75 Å². The molecule has 0 bridgehead atoms. The van der Waals surface area contributed by atoms with Gasteiger partial charge in [0.25, 0.3) is 11.6 Å². The second-order valence-electron chi connectivity index (χ2n) is 7.34. The van der Waals surface area contributed by atoms with Crippen LogP contribution < -0.4 is 15.4 Å². The monoisotopic (exact) mass is 499 g/mol. The SMILES string of the molecule is COc1cc(Cl)c(C)cc1NC(=O)C(C)Sc1cccc(NC(=O)c2cccc([N+](=O)[O-])c2)c1. The molecule has 2 N–H and O–H groups in total. The molecule has 0 radical (unpaired) electrons. The summed E-state index contributed by atoms with van der Waals surface area (Å²) < 4.78 is 5.31. The smallest absolute Gasteiger partial charge is 0.270 e. The number of benzene rings is 3. The summed E-state index contributed by atoms with van der Waals surface area (Å²) in [6.45, 7) is 3.60. The Hall–Kier alpha value is -3.56. The van der Waals surface area contributed by atoms with Crippen LogP contribution in [-0.2, 0) is 4.79 Å². The van der Waals surface area contributed by atoms with Crippen molar-refractivity contribution in [1.82, 2.24) is 0 Å². The van der Waals surface area contributed by atoms with Gasteiger partial charge in [-0.3, -0.25) is 19.7 Å². The molecule has 1 atom stereocenters. The molecule has 8 nitrogen and oxygen atoms in total. The summed E-state index contributed by atoms with van der Waals surface area (Å²) >= 11 is 7.44. The lowest BCUT2D eigenvalue weighted by Gasteiger charge is -2.16. The van der Waals surface area contributed by atoms with Gasteiger partial charge in [-0.25, -0.2) is 0 Å². The Morgan fingerprint density at radius 3 is 2.53 bits per heavy atom. The van der Waals surface area contributed by atoms with Crippen molar-refractivity contribution in [1.29, 1.82) is 0 Å². The molecule has 0 aliphatic rings. The van der Waals surface area contributed by atoms with Gasteiger partial charge in [0.05, 0.1) is 23.0 Å². The zero-order valence-corrected chi connectivity index (χ0v) is 20.2. The maximum Gasteiger partial charge on any atom is 0.270 e. The molecule has 3 rings (SSSR count). The maximum atomic E-state index is 12.8. The van der Waals surface area contributed by atoms with E-state index in [-0.39, 0.29) is 17.2 Å². The molecular weight excluding hydrogens is 478 g/mol. The molecule has 0 aromatic heterocycles. The van der Waals surface area contributed by atoms with E-state index in [1.807, 2.05) is 13.0 Å². The fourth-order valence-electron chi connectivity index (χ4n) is 3.03. The van der Waals surface area contributed by atoms with Crippen molar-refractivity contribution in [2.75, 3.05) is 17.7 Å². The molecule has 2 amide bonds. The number of nitro benzene ring substituents is 1. The van der Waals surface area contributed by atoms with Crippen molar-refractivity contribution >= 4 is 52.2 Å². The summed E-state index contributed by atoms with van der Waals surface area (Å²) in [6, 6.07) is 15.9. The number of methoxy groups -OCH3 is 1. The Balaban J connectivity index is 1.67. The number of nitrogens with one attached hydrogen (secondary N) is 2. The quantitative estimate of drug-likeness (QED) is 0.225. The number of halogens is 1. The van der Waals surface area contributed by atoms with Crippen LogP contribution in [0.2, 0.25) is 5.02 Å². The fourth-order valence-corrected chi connectivity index (χ4v) is 4.11. The Morgan fingerprint density at radius 2 is 1.82 bits per heavy atom. The van der Waals surface area contributed by atoms with Crippen LogP contribution in [0.15, 0.2) is 65.6 Å². The highest BCUT2D eigenvalue weighted by Crippen LogP contribution is 2.32. The fraction of sp³-hybridized carbons (Fsp3) is 0.167. The number of rotatable bonds is 8. The lowest BCUT2D eigenvalue weighted by molar-refractivity contribution is -0.384. The lowest BCUT2D eigenvalue weighted by Crippen LogP contribution is -2.22. The van der Waals surface area contributed by atoms with E-state index >= 15 is 0 Å². The highest BCUT2D eigenvalue weighted by molar-refractivity contribution is 8.00. The zero-order valence-electron chi connectivity index (χ0n) is 18.6. The number of aryl methyl sites for hydroxylation is 1. The average Bonchev–Trinajstić information content (AvgIpc) is 2.81. The molecule has 3 aromatic rings. The number of carbonyl (C=O) groups excluding carboxylic acids is 2. The minimum Gasteiger partial charge on any atom is -0.495 e. The Morgan fingerprint density at radius 1 is 1.09 bits per heavy atom. The summed E-state index contributed by atoms with van der Waals surface area (Å²) in [7, 11) is 1.50. The number of non-ortho nitro benzene ring substituents is 1. The first-order valence-electron chi connectivity index (χ1n) is 10.2. The molecule has 3 aromatic carbocycles. The van der Waals surface area contributed by atoms with E-state index in [4.69, 9.17) is 16.3 Å². The van der Waals surface area contributed by atoms with Gasteiger partial charge >= 0.3 is 0 Å². The minimum atomic E-state index is -0.554. The highest BCUT2D eigenvalue weighted by atomic mass is 35.5. The number of nitrogens with zero attached hydrogens (tertiary/aromatic N) is 1. The molecule has 0 aliphatic heterocycles.